The standard InChI is InChI=1S/C21H26FN3O/c1-2-23(19-6-4-3-5-7-19)13-12-21(26)25-16-14-24(15-17-25)20-10-8-18(22)9-11-20/h3-11H,2,12-17H2,1H3. The van der Waals surface area contributed by atoms with Crippen molar-refractivity contribution in [2.45, 2.75) is 13.3 Å². The second kappa shape index (κ2) is 8.70. The van der Waals surface area contributed by atoms with E-state index in [-0.39, 0.29) is 11.7 Å². The lowest BCUT2D eigenvalue weighted by atomic mass is 10.2. The molecule has 0 spiro atoms. The lowest BCUT2D eigenvalue weighted by Crippen LogP contribution is -2.49. The van der Waals surface area contributed by atoms with Gasteiger partial charge in [0.05, 0.1) is 0 Å². The first-order chi connectivity index (χ1) is 12.7. The Morgan fingerprint density at radius 3 is 2.27 bits per heavy atom. The summed E-state index contributed by atoms with van der Waals surface area (Å²) in [6.07, 6.45) is 0.527. The van der Waals surface area contributed by atoms with E-state index in [9.17, 15) is 9.18 Å². The van der Waals surface area contributed by atoms with Gasteiger partial charge in [-0.15, -0.1) is 0 Å². The zero-order valence-electron chi connectivity index (χ0n) is 15.3. The lowest BCUT2D eigenvalue weighted by Gasteiger charge is -2.36. The van der Waals surface area contributed by atoms with Gasteiger partial charge in [-0.05, 0) is 43.3 Å². The number of hydrogen-bond donors (Lipinski definition) is 0. The van der Waals surface area contributed by atoms with E-state index >= 15 is 0 Å². The topological polar surface area (TPSA) is 26.8 Å². The third-order valence-electron chi connectivity index (χ3n) is 4.92. The van der Waals surface area contributed by atoms with E-state index in [1.165, 1.54) is 12.1 Å². The first-order valence-corrected chi connectivity index (χ1v) is 9.25. The van der Waals surface area contributed by atoms with E-state index in [0.717, 1.165) is 37.6 Å². The van der Waals surface area contributed by atoms with Gasteiger partial charge in [0.15, 0.2) is 0 Å². The largest absolute Gasteiger partial charge is 0.371 e. The fourth-order valence-corrected chi connectivity index (χ4v) is 3.36. The molecule has 1 saturated heterocycles. The van der Waals surface area contributed by atoms with E-state index in [4.69, 9.17) is 0 Å². The molecule has 1 heterocycles. The second-order valence-corrected chi connectivity index (χ2v) is 6.51. The third-order valence-corrected chi connectivity index (χ3v) is 4.92. The number of anilines is 2. The Kier molecular flexibility index (Phi) is 6.10. The Hall–Kier alpha value is -2.56. The summed E-state index contributed by atoms with van der Waals surface area (Å²) in [5.74, 6) is -0.0143. The molecule has 0 N–H and O–H groups in total. The molecule has 5 heteroatoms. The van der Waals surface area contributed by atoms with Crippen LogP contribution in [0.25, 0.3) is 0 Å². The molecule has 0 radical (unpaired) electrons. The third kappa shape index (κ3) is 4.54. The summed E-state index contributed by atoms with van der Waals surface area (Å²) in [5.41, 5.74) is 2.17. The summed E-state index contributed by atoms with van der Waals surface area (Å²) < 4.78 is 13.0. The summed E-state index contributed by atoms with van der Waals surface area (Å²) in [6.45, 7) is 6.73. The molecule has 0 aromatic heterocycles. The van der Waals surface area contributed by atoms with Crippen molar-refractivity contribution in [3.8, 4) is 0 Å². The van der Waals surface area contributed by atoms with E-state index in [0.29, 0.717) is 19.5 Å². The average Bonchev–Trinajstić information content (AvgIpc) is 2.70. The van der Waals surface area contributed by atoms with Crippen LogP contribution in [-0.2, 0) is 4.79 Å². The van der Waals surface area contributed by atoms with Gasteiger partial charge in [0, 0.05) is 57.1 Å². The maximum absolute atomic E-state index is 13.0. The molecule has 138 valence electrons. The quantitative estimate of drug-likeness (QED) is 0.795. The van der Waals surface area contributed by atoms with Crippen LogP contribution in [0.5, 0.6) is 0 Å². The van der Waals surface area contributed by atoms with Gasteiger partial charge in [-0.2, -0.15) is 0 Å². The molecule has 0 bridgehead atoms. The van der Waals surface area contributed by atoms with Gasteiger partial charge in [0.1, 0.15) is 5.82 Å². The minimum absolute atomic E-state index is 0.207. The monoisotopic (exact) mass is 355 g/mol. The van der Waals surface area contributed by atoms with Gasteiger partial charge < -0.3 is 14.7 Å². The van der Waals surface area contributed by atoms with Crippen molar-refractivity contribution in [2.75, 3.05) is 49.1 Å². The number of para-hydroxylation sites is 1. The number of piperazine rings is 1. The minimum Gasteiger partial charge on any atom is -0.371 e. The van der Waals surface area contributed by atoms with Crippen LogP contribution >= 0.6 is 0 Å². The fraction of sp³-hybridized carbons (Fsp3) is 0.381. The first-order valence-electron chi connectivity index (χ1n) is 9.25. The van der Waals surface area contributed by atoms with Crippen LogP contribution < -0.4 is 9.80 Å². The highest BCUT2D eigenvalue weighted by Gasteiger charge is 2.21. The smallest absolute Gasteiger partial charge is 0.224 e. The van der Waals surface area contributed by atoms with Crippen molar-refractivity contribution in [2.24, 2.45) is 0 Å². The number of carbonyl (C=O) groups is 1. The minimum atomic E-state index is -0.221. The summed E-state index contributed by atoms with van der Waals surface area (Å²) in [4.78, 5) is 18.9. The van der Waals surface area contributed by atoms with Gasteiger partial charge in [-0.1, -0.05) is 18.2 Å². The molecule has 0 atom stereocenters. The normalized spacial score (nSPS) is 14.4. The zero-order chi connectivity index (χ0) is 18.4. The van der Waals surface area contributed by atoms with Crippen molar-refractivity contribution < 1.29 is 9.18 Å². The van der Waals surface area contributed by atoms with Crippen molar-refractivity contribution in [3.63, 3.8) is 0 Å². The molecule has 0 saturated carbocycles. The van der Waals surface area contributed by atoms with Crippen molar-refractivity contribution >= 4 is 17.3 Å². The Morgan fingerprint density at radius 2 is 1.65 bits per heavy atom. The first kappa shape index (κ1) is 18.2. The van der Waals surface area contributed by atoms with Crippen LogP contribution in [0.3, 0.4) is 0 Å². The number of benzene rings is 2. The highest BCUT2D eigenvalue weighted by Crippen LogP contribution is 2.18. The highest BCUT2D eigenvalue weighted by atomic mass is 19.1. The molecule has 1 fully saturated rings. The molecular formula is C21H26FN3O. The number of amides is 1. The molecule has 0 unspecified atom stereocenters. The molecule has 1 amide bonds. The highest BCUT2D eigenvalue weighted by molar-refractivity contribution is 5.77. The fourth-order valence-electron chi connectivity index (χ4n) is 3.36. The summed E-state index contributed by atoms with van der Waals surface area (Å²) in [6, 6.07) is 16.8. The number of halogens is 1. The Bertz CT molecular complexity index is 697. The average molecular weight is 355 g/mol. The van der Waals surface area contributed by atoms with Gasteiger partial charge >= 0.3 is 0 Å². The molecule has 1 aliphatic rings. The van der Waals surface area contributed by atoms with E-state index in [1.54, 1.807) is 12.1 Å². The second-order valence-electron chi connectivity index (χ2n) is 6.51. The molecule has 2 aromatic carbocycles. The number of carbonyl (C=O) groups excluding carboxylic acids is 1. The zero-order valence-corrected chi connectivity index (χ0v) is 15.3. The van der Waals surface area contributed by atoms with Crippen molar-refractivity contribution in [1.82, 2.24) is 4.90 Å². The maximum atomic E-state index is 13.0. The SMILES string of the molecule is CCN(CCC(=O)N1CCN(c2ccc(F)cc2)CC1)c1ccccc1. The molecule has 2 aromatic rings. The van der Waals surface area contributed by atoms with E-state index in [2.05, 4.69) is 28.9 Å². The van der Waals surface area contributed by atoms with Crippen LogP contribution in [-0.4, -0.2) is 50.1 Å². The molecule has 4 nitrogen and oxygen atoms in total. The molecule has 26 heavy (non-hydrogen) atoms. The summed E-state index contributed by atoms with van der Waals surface area (Å²) in [7, 11) is 0. The molecule has 3 rings (SSSR count). The van der Waals surface area contributed by atoms with Gasteiger partial charge in [0.2, 0.25) is 5.91 Å². The van der Waals surface area contributed by atoms with Gasteiger partial charge in [-0.3, -0.25) is 4.79 Å². The Morgan fingerprint density at radius 1 is 1.00 bits per heavy atom. The summed E-state index contributed by atoms with van der Waals surface area (Å²) in [5, 5.41) is 0. The predicted molar refractivity (Wildman–Crippen MR) is 104 cm³/mol. The lowest BCUT2D eigenvalue weighted by molar-refractivity contribution is -0.131. The van der Waals surface area contributed by atoms with Gasteiger partial charge in [0.25, 0.3) is 0 Å². The Labute approximate surface area is 154 Å². The number of nitrogens with zero attached hydrogens (tertiary/aromatic N) is 3. The number of hydrogen-bond acceptors (Lipinski definition) is 3. The van der Waals surface area contributed by atoms with Crippen molar-refractivity contribution in [3.05, 3.63) is 60.4 Å². The van der Waals surface area contributed by atoms with Crippen LogP contribution in [0.1, 0.15) is 13.3 Å². The van der Waals surface area contributed by atoms with Crippen LogP contribution in [0.4, 0.5) is 15.8 Å². The predicted octanol–water partition coefficient (Wildman–Crippen LogP) is 3.39. The Balaban J connectivity index is 1.48. The van der Waals surface area contributed by atoms with Gasteiger partial charge in [-0.25, -0.2) is 4.39 Å². The number of rotatable bonds is 6. The van der Waals surface area contributed by atoms with Crippen LogP contribution in [0.2, 0.25) is 0 Å². The summed E-state index contributed by atoms with van der Waals surface area (Å²) >= 11 is 0. The molecular weight excluding hydrogens is 329 g/mol. The van der Waals surface area contributed by atoms with E-state index in [1.807, 2.05) is 23.1 Å². The van der Waals surface area contributed by atoms with E-state index < -0.39 is 0 Å². The molecule has 0 aliphatic carbocycles. The maximum Gasteiger partial charge on any atom is 0.224 e. The van der Waals surface area contributed by atoms with Crippen LogP contribution in [0, 0.1) is 5.82 Å². The van der Waals surface area contributed by atoms with Crippen LogP contribution in [0.15, 0.2) is 54.6 Å². The van der Waals surface area contributed by atoms with Crippen molar-refractivity contribution in [1.29, 1.82) is 0 Å². The molecule has 1 aliphatic heterocycles.